The first kappa shape index (κ1) is 13.3. The molecule has 0 radical (unpaired) electrons. The molecule has 1 N–H and O–H groups in total. The summed E-state index contributed by atoms with van der Waals surface area (Å²) in [5.41, 5.74) is 0.843. The Morgan fingerprint density at radius 3 is 2.56 bits per heavy atom. The molecule has 0 aliphatic carbocycles. The molecular formula is C11H14FNO4S. The second kappa shape index (κ2) is 5.21. The minimum atomic E-state index is -4.15. The zero-order valence-electron chi connectivity index (χ0n) is 9.67. The van der Waals surface area contributed by atoms with E-state index in [0.29, 0.717) is 32.0 Å². The van der Waals surface area contributed by atoms with Gasteiger partial charge in [0, 0.05) is 18.8 Å². The number of benzene rings is 1. The molecule has 100 valence electrons. The third kappa shape index (κ3) is 3.66. The number of nitrogens with zero attached hydrogens (tertiary/aromatic N) is 1. The maximum atomic E-state index is 13.4. The average Bonchev–Trinajstić information content (AvgIpc) is 2.27. The number of hydrogen-bond acceptors (Lipinski definition) is 4. The number of hydrogen-bond donors (Lipinski definition) is 1. The van der Waals surface area contributed by atoms with E-state index >= 15 is 0 Å². The molecule has 1 aliphatic heterocycles. The van der Waals surface area contributed by atoms with Crippen LogP contribution in [0.5, 0.6) is 0 Å². The van der Waals surface area contributed by atoms with E-state index in [1.807, 2.05) is 4.90 Å². The van der Waals surface area contributed by atoms with Crippen LogP contribution in [0.1, 0.15) is 5.56 Å². The molecule has 0 saturated carbocycles. The van der Waals surface area contributed by atoms with Crippen molar-refractivity contribution in [2.45, 2.75) is 5.75 Å². The largest absolute Gasteiger partial charge is 0.378 e. The normalized spacial score (nSPS) is 16.9. The summed E-state index contributed by atoms with van der Waals surface area (Å²) in [6.07, 6.45) is 0. The van der Waals surface area contributed by atoms with Gasteiger partial charge in [-0.1, -0.05) is 0 Å². The fourth-order valence-electron chi connectivity index (χ4n) is 1.93. The van der Waals surface area contributed by atoms with E-state index in [1.165, 1.54) is 6.07 Å². The molecule has 0 aromatic heterocycles. The summed E-state index contributed by atoms with van der Waals surface area (Å²) in [5, 5.41) is 0. The molecule has 7 heteroatoms. The summed E-state index contributed by atoms with van der Waals surface area (Å²) in [5.74, 6) is -1.10. The van der Waals surface area contributed by atoms with Gasteiger partial charge in [-0.3, -0.25) is 4.55 Å². The van der Waals surface area contributed by atoms with Crippen molar-refractivity contribution in [1.82, 2.24) is 0 Å². The summed E-state index contributed by atoms with van der Waals surface area (Å²) >= 11 is 0. The van der Waals surface area contributed by atoms with Crippen LogP contribution >= 0.6 is 0 Å². The highest BCUT2D eigenvalue weighted by Crippen LogP contribution is 2.21. The van der Waals surface area contributed by atoms with Crippen molar-refractivity contribution in [1.29, 1.82) is 0 Å². The van der Waals surface area contributed by atoms with Crippen LogP contribution in [0, 0.1) is 5.82 Å². The van der Waals surface area contributed by atoms with Gasteiger partial charge in [-0.15, -0.1) is 0 Å². The number of halogens is 1. The lowest BCUT2D eigenvalue weighted by molar-refractivity contribution is 0.122. The van der Waals surface area contributed by atoms with Crippen molar-refractivity contribution in [3.8, 4) is 0 Å². The predicted molar refractivity (Wildman–Crippen MR) is 64.7 cm³/mol. The first-order valence-corrected chi connectivity index (χ1v) is 7.12. The molecule has 5 nitrogen and oxygen atoms in total. The number of anilines is 1. The fourth-order valence-corrected chi connectivity index (χ4v) is 2.52. The molecule has 1 aromatic rings. The first-order valence-electron chi connectivity index (χ1n) is 5.51. The summed E-state index contributed by atoms with van der Waals surface area (Å²) in [7, 11) is -4.15. The maximum Gasteiger partial charge on any atom is 0.269 e. The van der Waals surface area contributed by atoms with Crippen LogP contribution in [0.2, 0.25) is 0 Å². The van der Waals surface area contributed by atoms with Gasteiger partial charge in [0.25, 0.3) is 10.1 Å². The molecule has 1 fully saturated rings. The zero-order valence-corrected chi connectivity index (χ0v) is 10.5. The van der Waals surface area contributed by atoms with Crippen LogP contribution in [0.3, 0.4) is 0 Å². The second-order valence-corrected chi connectivity index (χ2v) is 5.60. The van der Waals surface area contributed by atoms with Crippen molar-refractivity contribution in [3.05, 3.63) is 29.6 Å². The number of rotatable bonds is 3. The first-order chi connectivity index (χ1) is 8.44. The lowest BCUT2D eigenvalue weighted by atomic mass is 10.2. The van der Waals surface area contributed by atoms with Gasteiger partial charge < -0.3 is 9.64 Å². The molecule has 0 amide bonds. The van der Waals surface area contributed by atoms with Crippen LogP contribution in [0.4, 0.5) is 10.1 Å². The summed E-state index contributed by atoms with van der Waals surface area (Å²) in [6, 6.07) is 4.03. The highest BCUT2D eigenvalue weighted by atomic mass is 32.2. The van der Waals surface area contributed by atoms with E-state index in [2.05, 4.69) is 0 Å². The standard InChI is InChI=1S/C11H14FNO4S/c12-10-5-9(8-18(14,15)16)6-11(7-10)13-1-3-17-4-2-13/h5-7H,1-4,8H2,(H,14,15,16). The van der Waals surface area contributed by atoms with Gasteiger partial charge in [0.05, 0.1) is 13.2 Å². The van der Waals surface area contributed by atoms with Crippen molar-refractivity contribution in [2.24, 2.45) is 0 Å². The number of morpholine rings is 1. The lowest BCUT2D eigenvalue weighted by Gasteiger charge is -2.29. The van der Waals surface area contributed by atoms with Gasteiger partial charge in [0.15, 0.2) is 0 Å². The Kier molecular flexibility index (Phi) is 3.84. The van der Waals surface area contributed by atoms with Crippen molar-refractivity contribution < 1.29 is 22.1 Å². The smallest absolute Gasteiger partial charge is 0.269 e. The van der Waals surface area contributed by atoms with Crippen molar-refractivity contribution >= 4 is 15.8 Å². The van der Waals surface area contributed by atoms with E-state index in [9.17, 15) is 12.8 Å². The molecule has 1 aromatic carbocycles. The molecule has 1 heterocycles. The Hall–Kier alpha value is -1.18. The van der Waals surface area contributed by atoms with E-state index < -0.39 is 21.7 Å². The topological polar surface area (TPSA) is 66.8 Å². The minimum absolute atomic E-state index is 0.235. The predicted octanol–water partition coefficient (Wildman–Crippen LogP) is 1.05. The van der Waals surface area contributed by atoms with E-state index in [4.69, 9.17) is 9.29 Å². The highest BCUT2D eigenvalue weighted by molar-refractivity contribution is 7.85. The van der Waals surface area contributed by atoms with Crippen LogP contribution < -0.4 is 4.90 Å². The van der Waals surface area contributed by atoms with Gasteiger partial charge >= 0.3 is 0 Å². The van der Waals surface area contributed by atoms with E-state index in [-0.39, 0.29) is 5.56 Å². The van der Waals surface area contributed by atoms with Gasteiger partial charge in [-0.05, 0) is 23.8 Å². The Labute approximate surface area is 105 Å². The molecular weight excluding hydrogens is 261 g/mol. The summed E-state index contributed by atoms with van der Waals surface area (Å²) < 4.78 is 49.0. The molecule has 18 heavy (non-hydrogen) atoms. The van der Waals surface area contributed by atoms with Crippen LogP contribution in [-0.2, 0) is 20.6 Å². The fraction of sp³-hybridized carbons (Fsp3) is 0.455. The van der Waals surface area contributed by atoms with E-state index in [0.717, 1.165) is 6.07 Å². The molecule has 0 atom stereocenters. The SMILES string of the molecule is O=S(=O)(O)Cc1cc(F)cc(N2CCOCC2)c1. The molecule has 1 saturated heterocycles. The van der Waals surface area contributed by atoms with Crippen molar-refractivity contribution in [3.63, 3.8) is 0 Å². The maximum absolute atomic E-state index is 13.4. The zero-order chi connectivity index (χ0) is 13.2. The van der Waals surface area contributed by atoms with Crippen LogP contribution in [0.25, 0.3) is 0 Å². The Morgan fingerprint density at radius 2 is 1.94 bits per heavy atom. The van der Waals surface area contributed by atoms with Gasteiger partial charge in [-0.2, -0.15) is 8.42 Å². The monoisotopic (exact) mass is 275 g/mol. The molecule has 0 bridgehead atoms. The molecule has 1 aliphatic rings. The second-order valence-electron chi connectivity index (χ2n) is 4.14. The van der Waals surface area contributed by atoms with Crippen LogP contribution in [0.15, 0.2) is 18.2 Å². The van der Waals surface area contributed by atoms with Gasteiger partial charge in [-0.25, -0.2) is 4.39 Å². The third-order valence-electron chi connectivity index (χ3n) is 2.67. The quantitative estimate of drug-likeness (QED) is 0.835. The Balaban J connectivity index is 2.25. The van der Waals surface area contributed by atoms with Crippen molar-refractivity contribution in [2.75, 3.05) is 31.2 Å². The Morgan fingerprint density at radius 1 is 1.28 bits per heavy atom. The summed E-state index contributed by atoms with van der Waals surface area (Å²) in [6.45, 7) is 2.39. The molecule has 0 spiro atoms. The summed E-state index contributed by atoms with van der Waals surface area (Å²) in [4.78, 5) is 1.92. The van der Waals surface area contributed by atoms with Crippen LogP contribution in [-0.4, -0.2) is 39.3 Å². The molecule has 2 rings (SSSR count). The van der Waals surface area contributed by atoms with Gasteiger partial charge in [0.1, 0.15) is 11.6 Å². The third-order valence-corrected chi connectivity index (χ3v) is 3.37. The number of ether oxygens (including phenoxy) is 1. The lowest BCUT2D eigenvalue weighted by Crippen LogP contribution is -2.36. The van der Waals surface area contributed by atoms with Gasteiger partial charge in [0.2, 0.25) is 0 Å². The van der Waals surface area contributed by atoms with E-state index in [1.54, 1.807) is 6.07 Å². The average molecular weight is 275 g/mol. The Bertz CT molecular complexity index is 526. The molecule has 0 unspecified atom stereocenters. The highest BCUT2D eigenvalue weighted by Gasteiger charge is 2.15. The minimum Gasteiger partial charge on any atom is -0.378 e.